The van der Waals surface area contributed by atoms with E-state index < -0.39 is 0 Å². The van der Waals surface area contributed by atoms with Crippen LogP contribution in [0.4, 0.5) is 0 Å². The maximum Gasteiger partial charge on any atom is 0.0743 e. The Labute approximate surface area is 117 Å². The van der Waals surface area contributed by atoms with Gasteiger partial charge in [0.1, 0.15) is 0 Å². The molecule has 1 aliphatic carbocycles. The van der Waals surface area contributed by atoms with Crippen molar-refractivity contribution in [2.24, 2.45) is 0 Å². The normalized spacial score (nSPS) is 14.4. The van der Waals surface area contributed by atoms with Crippen molar-refractivity contribution in [2.75, 3.05) is 0 Å². The fraction of sp³-hybridized carbons (Fsp3) is 0.438. The summed E-state index contributed by atoms with van der Waals surface area (Å²) in [5, 5.41) is 2.29. The maximum atomic E-state index is 4.96. The van der Waals surface area contributed by atoms with Crippen molar-refractivity contribution in [1.82, 2.24) is 4.98 Å². The molecule has 2 aromatic rings. The second-order valence-corrected chi connectivity index (χ2v) is 5.96. The average molecular weight is 304 g/mol. The minimum absolute atomic E-state index is 0.531. The number of nitrogens with zero attached hydrogens (tertiary/aromatic N) is 1. The van der Waals surface area contributed by atoms with E-state index in [1.165, 1.54) is 46.1 Å². The Morgan fingerprint density at radius 2 is 2.11 bits per heavy atom. The summed E-state index contributed by atoms with van der Waals surface area (Å²) in [6, 6.07) is 6.62. The molecule has 3 rings (SSSR count). The zero-order chi connectivity index (χ0) is 12.7. The maximum absolute atomic E-state index is 4.96. The van der Waals surface area contributed by atoms with E-state index >= 15 is 0 Å². The molecule has 94 valence electrons. The van der Waals surface area contributed by atoms with Crippen LogP contribution in [0.5, 0.6) is 0 Å². The molecule has 0 aliphatic heterocycles. The SMILES string of the molecule is CC(C)c1cccc2c(CBr)c3c(nc12)CCC3. The van der Waals surface area contributed by atoms with E-state index in [1.807, 2.05) is 0 Å². The smallest absolute Gasteiger partial charge is 0.0743 e. The van der Waals surface area contributed by atoms with Crippen molar-refractivity contribution in [3.05, 3.63) is 40.6 Å². The van der Waals surface area contributed by atoms with Crippen molar-refractivity contribution in [3.8, 4) is 0 Å². The number of aromatic nitrogens is 1. The van der Waals surface area contributed by atoms with Gasteiger partial charge in [-0.25, -0.2) is 0 Å². The molecule has 1 aromatic heterocycles. The first kappa shape index (κ1) is 12.2. The van der Waals surface area contributed by atoms with Crippen LogP contribution in [0.2, 0.25) is 0 Å². The molecule has 0 bridgehead atoms. The van der Waals surface area contributed by atoms with Crippen LogP contribution in [0.25, 0.3) is 10.9 Å². The molecule has 0 fully saturated rings. The molecular formula is C16H18BrN. The van der Waals surface area contributed by atoms with Crippen molar-refractivity contribution in [3.63, 3.8) is 0 Å². The summed E-state index contributed by atoms with van der Waals surface area (Å²) in [4.78, 5) is 4.96. The molecule has 1 heterocycles. The predicted octanol–water partition coefficient (Wildman–Crippen LogP) is 4.74. The Balaban J connectivity index is 2.38. The molecule has 0 spiro atoms. The Bertz CT molecular complexity index is 602. The minimum atomic E-state index is 0.531. The lowest BCUT2D eigenvalue weighted by Crippen LogP contribution is -2.00. The minimum Gasteiger partial charge on any atom is -0.252 e. The molecule has 1 aliphatic rings. The summed E-state index contributed by atoms with van der Waals surface area (Å²) < 4.78 is 0. The molecule has 2 heteroatoms. The Morgan fingerprint density at radius 3 is 2.83 bits per heavy atom. The summed E-state index contributed by atoms with van der Waals surface area (Å²) in [7, 11) is 0. The number of hydrogen-bond donors (Lipinski definition) is 0. The molecule has 1 nitrogen and oxygen atoms in total. The van der Waals surface area contributed by atoms with Crippen LogP contribution in [-0.2, 0) is 18.2 Å². The van der Waals surface area contributed by atoms with Crippen LogP contribution in [-0.4, -0.2) is 4.98 Å². The molecule has 1 aromatic carbocycles. The molecule has 0 saturated heterocycles. The van der Waals surface area contributed by atoms with E-state index in [2.05, 4.69) is 48.0 Å². The lowest BCUT2D eigenvalue weighted by molar-refractivity contribution is 0.869. The number of aryl methyl sites for hydroxylation is 1. The molecule has 0 amide bonds. The van der Waals surface area contributed by atoms with E-state index in [-0.39, 0.29) is 0 Å². The van der Waals surface area contributed by atoms with Crippen LogP contribution in [0.1, 0.15) is 48.6 Å². The predicted molar refractivity (Wildman–Crippen MR) is 80.5 cm³/mol. The van der Waals surface area contributed by atoms with Gasteiger partial charge in [0.05, 0.1) is 5.52 Å². The highest BCUT2D eigenvalue weighted by atomic mass is 79.9. The van der Waals surface area contributed by atoms with Crippen molar-refractivity contribution in [1.29, 1.82) is 0 Å². The highest BCUT2D eigenvalue weighted by molar-refractivity contribution is 9.08. The monoisotopic (exact) mass is 303 g/mol. The summed E-state index contributed by atoms with van der Waals surface area (Å²) in [6.07, 6.45) is 3.61. The van der Waals surface area contributed by atoms with Crippen molar-refractivity contribution in [2.45, 2.75) is 44.4 Å². The standard InChI is InChI=1S/C16H18BrN/c1-10(2)11-5-3-7-13-14(9-17)12-6-4-8-15(12)18-16(11)13/h3,5,7,10H,4,6,8-9H2,1-2H3. The molecule has 0 atom stereocenters. The zero-order valence-electron chi connectivity index (χ0n) is 11.0. The van der Waals surface area contributed by atoms with Gasteiger partial charge in [-0.3, -0.25) is 4.98 Å². The Morgan fingerprint density at radius 1 is 1.28 bits per heavy atom. The second kappa shape index (κ2) is 4.65. The van der Waals surface area contributed by atoms with Gasteiger partial charge in [0.15, 0.2) is 0 Å². The lowest BCUT2D eigenvalue weighted by atomic mass is 9.95. The number of halogens is 1. The van der Waals surface area contributed by atoms with Crippen molar-refractivity contribution >= 4 is 26.8 Å². The van der Waals surface area contributed by atoms with Gasteiger partial charge in [0, 0.05) is 16.4 Å². The summed E-state index contributed by atoms with van der Waals surface area (Å²) >= 11 is 3.67. The highest BCUT2D eigenvalue weighted by Gasteiger charge is 2.20. The first-order chi connectivity index (χ1) is 8.72. The quantitative estimate of drug-likeness (QED) is 0.730. The third-order valence-electron chi connectivity index (χ3n) is 3.95. The molecule has 0 N–H and O–H groups in total. The van der Waals surface area contributed by atoms with Crippen LogP contribution in [0, 0.1) is 0 Å². The van der Waals surface area contributed by atoms with E-state index in [0.717, 1.165) is 11.8 Å². The summed E-state index contributed by atoms with van der Waals surface area (Å²) in [5.41, 5.74) is 6.91. The van der Waals surface area contributed by atoms with Crippen LogP contribution in [0.3, 0.4) is 0 Å². The van der Waals surface area contributed by atoms with Gasteiger partial charge < -0.3 is 0 Å². The fourth-order valence-electron chi connectivity index (χ4n) is 3.02. The summed E-state index contributed by atoms with van der Waals surface area (Å²) in [5.74, 6) is 0.531. The van der Waals surface area contributed by atoms with Gasteiger partial charge in [-0.05, 0) is 41.9 Å². The molecule has 0 unspecified atom stereocenters. The molecule has 0 radical (unpaired) electrons. The average Bonchev–Trinajstić information content (AvgIpc) is 2.82. The number of rotatable bonds is 2. The Kier molecular flexibility index (Phi) is 3.14. The van der Waals surface area contributed by atoms with Gasteiger partial charge >= 0.3 is 0 Å². The van der Waals surface area contributed by atoms with E-state index in [9.17, 15) is 0 Å². The lowest BCUT2D eigenvalue weighted by Gasteiger charge is -2.14. The van der Waals surface area contributed by atoms with Crippen LogP contribution < -0.4 is 0 Å². The van der Waals surface area contributed by atoms with E-state index in [4.69, 9.17) is 4.98 Å². The van der Waals surface area contributed by atoms with E-state index in [0.29, 0.717) is 5.92 Å². The first-order valence-electron chi connectivity index (χ1n) is 6.71. The zero-order valence-corrected chi connectivity index (χ0v) is 12.5. The third-order valence-corrected chi connectivity index (χ3v) is 4.51. The van der Waals surface area contributed by atoms with Gasteiger partial charge in [0.2, 0.25) is 0 Å². The van der Waals surface area contributed by atoms with E-state index in [1.54, 1.807) is 0 Å². The van der Waals surface area contributed by atoms with Gasteiger partial charge in [-0.1, -0.05) is 48.0 Å². The second-order valence-electron chi connectivity index (χ2n) is 5.40. The molecule has 0 saturated carbocycles. The topological polar surface area (TPSA) is 12.9 Å². The summed E-state index contributed by atoms with van der Waals surface area (Å²) in [6.45, 7) is 4.50. The largest absolute Gasteiger partial charge is 0.252 e. The molecular weight excluding hydrogens is 286 g/mol. The van der Waals surface area contributed by atoms with Crippen LogP contribution >= 0.6 is 15.9 Å². The molecule has 18 heavy (non-hydrogen) atoms. The number of alkyl halides is 1. The number of hydrogen-bond acceptors (Lipinski definition) is 1. The number of fused-ring (bicyclic) bond motifs is 2. The first-order valence-corrected chi connectivity index (χ1v) is 7.83. The van der Waals surface area contributed by atoms with Gasteiger partial charge in [-0.2, -0.15) is 0 Å². The van der Waals surface area contributed by atoms with Gasteiger partial charge in [0.25, 0.3) is 0 Å². The van der Waals surface area contributed by atoms with Crippen LogP contribution in [0.15, 0.2) is 18.2 Å². The fourth-order valence-corrected chi connectivity index (χ4v) is 3.66. The number of pyridine rings is 1. The highest BCUT2D eigenvalue weighted by Crippen LogP contribution is 2.34. The number of para-hydroxylation sites is 1. The third kappa shape index (κ3) is 1.78. The van der Waals surface area contributed by atoms with Gasteiger partial charge in [-0.15, -0.1) is 0 Å². The van der Waals surface area contributed by atoms with Crippen molar-refractivity contribution < 1.29 is 0 Å². The number of benzene rings is 1. The Hall–Kier alpha value is -0.890.